The first-order valence-corrected chi connectivity index (χ1v) is 5.34. The predicted octanol–water partition coefficient (Wildman–Crippen LogP) is 1.13. The van der Waals surface area contributed by atoms with Crippen molar-refractivity contribution in [2.24, 2.45) is 5.73 Å². The Labute approximate surface area is 87.1 Å². The fourth-order valence-electron chi connectivity index (χ4n) is 1.07. The lowest BCUT2D eigenvalue weighted by Gasteiger charge is -1.97. The molecule has 0 aliphatic heterocycles. The molecule has 14 heavy (non-hydrogen) atoms. The van der Waals surface area contributed by atoms with Crippen LogP contribution in [-0.4, -0.2) is 24.1 Å². The molecule has 1 rings (SSSR count). The standard InChI is InChI=1S/C9H14N2O2S/c1-3-13-9(12)8-6(2)14-7(11-8)4-5-10/h3-5,10H2,1-2H3. The molecule has 5 heteroatoms. The lowest BCUT2D eigenvalue weighted by molar-refractivity contribution is 0.0519. The molecule has 0 saturated carbocycles. The van der Waals surface area contributed by atoms with E-state index in [1.165, 1.54) is 11.3 Å². The maximum absolute atomic E-state index is 11.4. The van der Waals surface area contributed by atoms with Crippen molar-refractivity contribution in [3.05, 3.63) is 15.6 Å². The zero-order valence-corrected chi connectivity index (χ0v) is 9.19. The molecule has 0 aromatic carbocycles. The first-order chi connectivity index (χ1) is 6.69. The second-order valence-corrected chi connectivity index (χ2v) is 4.06. The summed E-state index contributed by atoms with van der Waals surface area (Å²) in [7, 11) is 0. The first-order valence-electron chi connectivity index (χ1n) is 4.52. The van der Waals surface area contributed by atoms with E-state index in [0.717, 1.165) is 9.88 Å². The van der Waals surface area contributed by atoms with Gasteiger partial charge in [-0.1, -0.05) is 0 Å². The van der Waals surface area contributed by atoms with Gasteiger partial charge in [-0.05, 0) is 20.4 Å². The first kappa shape index (κ1) is 11.1. The molecular formula is C9H14N2O2S. The van der Waals surface area contributed by atoms with E-state index in [4.69, 9.17) is 10.5 Å². The third kappa shape index (κ3) is 2.52. The van der Waals surface area contributed by atoms with Crippen LogP contribution in [-0.2, 0) is 11.2 Å². The second kappa shape index (κ2) is 5.07. The summed E-state index contributed by atoms with van der Waals surface area (Å²) in [6.07, 6.45) is 0.713. The zero-order valence-electron chi connectivity index (χ0n) is 8.37. The monoisotopic (exact) mass is 214 g/mol. The molecule has 2 N–H and O–H groups in total. The van der Waals surface area contributed by atoms with Crippen molar-refractivity contribution in [2.45, 2.75) is 20.3 Å². The van der Waals surface area contributed by atoms with Crippen molar-refractivity contribution in [1.29, 1.82) is 0 Å². The van der Waals surface area contributed by atoms with Crippen LogP contribution in [0.15, 0.2) is 0 Å². The topological polar surface area (TPSA) is 65.2 Å². The molecule has 0 aliphatic carbocycles. The van der Waals surface area contributed by atoms with Crippen molar-refractivity contribution >= 4 is 17.3 Å². The molecule has 4 nitrogen and oxygen atoms in total. The number of thiazole rings is 1. The molecule has 0 fully saturated rings. The van der Waals surface area contributed by atoms with Crippen molar-refractivity contribution < 1.29 is 9.53 Å². The van der Waals surface area contributed by atoms with Gasteiger partial charge in [0.05, 0.1) is 11.6 Å². The zero-order chi connectivity index (χ0) is 10.6. The third-order valence-electron chi connectivity index (χ3n) is 1.67. The van der Waals surface area contributed by atoms with Gasteiger partial charge in [-0.25, -0.2) is 9.78 Å². The highest BCUT2D eigenvalue weighted by Crippen LogP contribution is 2.18. The Hall–Kier alpha value is -0.940. The summed E-state index contributed by atoms with van der Waals surface area (Å²) in [5.41, 5.74) is 5.84. The highest BCUT2D eigenvalue weighted by Gasteiger charge is 2.15. The Balaban J connectivity index is 2.81. The van der Waals surface area contributed by atoms with E-state index in [1.807, 2.05) is 6.92 Å². The Kier molecular flexibility index (Phi) is 4.03. The predicted molar refractivity (Wildman–Crippen MR) is 55.6 cm³/mol. The van der Waals surface area contributed by atoms with Crippen LogP contribution in [0.1, 0.15) is 27.3 Å². The van der Waals surface area contributed by atoms with Crippen LogP contribution >= 0.6 is 11.3 Å². The average Bonchev–Trinajstić information content (AvgIpc) is 2.48. The molecule has 0 spiro atoms. The van der Waals surface area contributed by atoms with Crippen LogP contribution in [0.3, 0.4) is 0 Å². The summed E-state index contributed by atoms with van der Waals surface area (Å²) in [6, 6.07) is 0. The average molecular weight is 214 g/mol. The fourth-order valence-corrected chi connectivity index (χ4v) is 2.01. The summed E-state index contributed by atoms with van der Waals surface area (Å²) in [5.74, 6) is -0.343. The highest BCUT2D eigenvalue weighted by atomic mass is 32.1. The minimum atomic E-state index is -0.343. The van der Waals surface area contributed by atoms with Gasteiger partial charge in [0, 0.05) is 11.3 Å². The normalized spacial score (nSPS) is 10.2. The van der Waals surface area contributed by atoms with E-state index in [2.05, 4.69) is 4.98 Å². The number of aromatic nitrogens is 1. The van der Waals surface area contributed by atoms with Crippen molar-refractivity contribution in [3.63, 3.8) is 0 Å². The Morgan fingerprint density at radius 3 is 2.93 bits per heavy atom. The smallest absolute Gasteiger partial charge is 0.358 e. The number of nitrogens with zero attached hydrogens (tertiary/aromatic N) is 1. The summed E-state index contributed by atoms with van der Waals surface area (Å²) in [6.45, 7) is 4.57. The van der Waals surface area contributed by atoms with Crippen LogP contribution in [0.4, 0.5) is 0 Å². The number of carbonyl (C=O) groups excluding carboxylic acids is 1. The molecule has 0 aliphatic rings. The fraction of sp³-hybridized carbons (Fsp3) is 0.556. The molecule has 0 amide bonds. The number of carbonyl (C=O) groups is 1. The van der Waals surface area contributed by atoms with Gasteiger partial charge in [0.2, 0.25) is 0 Å². The van der Waals surface area contributed by atoms with Crippen LogP contribution in [0, 0.1) is 6.92 Å². The lowest BCUT2D eigenvalue weighted by atomic mass is 10.4. The molecular weight excluding hydrogens is 200 g/mol. The van der Waals surface area contributed by atoms with Gasteiger partial charge < -0.3 is 10.5 Å². The minimum Gasteiger partial charge on any atom is -0.461 e. The number of hydrogen-bond acceptors (Lipinski definition) is 5. The Bertz CT molecular complexity index is 323. The molecule has 0 atom stereocenters. The maximum Gasteiger partial charge on any atom is 0.358 e. The van der Waals surface area contributed by atoms with E-state index in [9.17, 15) is 4.79 Å². The van der Waals surface area contributed by atoms with E-state index < -0.39 is 0 Å². The third-order valence-corrected chi connectivity index (χ3v) is 2.70. The summed E-state index contributed by atoms with van der Waals surface area (Å²) in [5, 5.41) is 0.896. The number of ether oxygens (including phenoxy) is 1. The number of aryl methyl sites for hydroxylation is 1. The highest BCUT2D eigenvalue weighted by molar-refractivity contribution is 7.11. The molecule has 0 bridgehead atoms. The molecule has 0 saturated heterocycles. The van der Waals surface area contributed by atoms with Crippen LogP contribution in [0.5, 0.6) is 0 Å². The van der Waals surface area contributed by atoms with Crippen LogP contribution in [0.25, 0.3) is 0 Å². The Morgan fingerprint density at radius 1 is 1.64 bits per heavy atom. The van der Waals surface area contributed by atoms with Gasteiger partial charge in [0.1, 0.15) is 0 Å². The number of hydrogen-bond donors (Lipinski definition) is 1. The van der Waals surface area contributed by atoms with Crippen LogP contribution in [0.2, 0.25) is 0 Å². The quantitative estimate of drug-likeness (QED) is 0.763. The van der Waals surface area contributed by atoms with Gasteiger partial charge in [-0.15, -0.1) is 11.3 Å². The minimum absolute atomic E-state index is 0.343. The number of rotatable bonds is 4. The summed E-state index contributed by atoms with van der Waals surface area (Å²) in [4.78, 5) is 16.5. The largest absolute Gasteiger partial charge is 0.461 e. The van der Waals surface area contributed by atoms with Gasteiger partial charge in [-0.3, -0.25) is 0 Å². The molecule has 1 aromatic rings. The second-order valence-electron chi connectivity index (χ2n) is 2.77. The maximum atomic E-state index is 11.4. The molecule has 1 aromatic heterocycles. The van der Waals surface area contributed by atoms with Crippen molar-refractivity contribution in [1.82, 2.24) is 4.98 Å². The van der Waals surface area contributed by atoms with Gasteiger partial charge in [0.15, 0.2) is 5.69 Å². The molecule has 78 valence electrons. The molecule has 0 unspecified atom stereocenters. The summed E-state index contributed by atoms with van der Waals surface area (Å²) >= 11 is 1.50. The van der Waals surface area contributed by atoms with Crippen molar-refractivity contribution in [2.75, 3.05) is 13.2 Å². The van der Waals surface area contributed by atoms with Gasteiger partial charge in [-0.2, -0.15) is 0 Å². The van der Waals surface area contributed by atoms with E-state index >= 15 is 0 Å². The molecule has 0 radical (unpaired) electrons. The summed E-state index contributed by atoms with van der Waals surface area (Å²) < 4.78 is 4.87. The number of esters is 1. The van der Waals surface area contributed by atoms with Gasteiger partial charge >= 0.3 is 5.97 Å². The van der Waals surface area contributed by atoms with Crippen LogP contribution < -0.4 is 5.73 Å². The van der Waals surface area contributed by atoms with E-state index in [1.54, 1.807) is 6.92 Å². The van der Waals surface area contributed by atoms with Crippen molar-refractivity contribution in [3.8, 4) is 0 Å². The van der Waals surface area contributed by atoms with Gasteiger partial charge in [0.25, 0.3) is 0 Å². The van der Waals surface area contributed by atoms with E-state index in [0.29, 0.717) is 25.3 Å². The number of nitrogens with two attached hydrogens (primary N) is 1. The lowest BCUT2D eigenvalue weighted by Crippen LogP contribution is -2.07. The van der Waals surface area contributed by atoms with E-state index in [-0.39, 0.29) is 5.97 Å². The Morgan fingerprint density at radius 2 is 2.36 bits per heavy atom. The molecule has 1 heterocycles. The SMILES string of the molecule is CCOC(=O)c1nc(CCN)sc1C.